The maximum Gasteiger partial charge on any atom is 0.127 e. The smallest absolute Gasteiger partial charge is 0.127 e. The quantitative estimate of drug-likeness (QED) is 0.783. The number of nitrogens with one attached hydrogen (secondary N) is 1. The van der Waals surface area contributed by atoms with Crippen LogP contribution < -0.4 is 5.32 Å². The zero-order chi connectivity index (χ0) is 15.1. The van der Waals surface area contributed by atoms with Gasteiger partial charge in [0.2, 0.25) is 0 Å². The molecule has 1 aromatic carbocycles. The summed E-state index contributed by atoms with van der Waals surface area (Å²) in [7, 11) is 1.76. The zero-order valence-corrected chi connectivity index (χ0v) is 13.2. The number of methoxy groups -OCH3 is 1. The molecule has 4 heteroatoms. The fourth-order valence-corrected chi connectivity index (χ4v) is 2.86. The Labute approximate surface area is 127 Å². The first-order chi connectivity index (χ1) is 10.2. The summed E-state index contributed by atoms with van der Waals surface area (Å²) >= 11 is 0. The van der Waals surface area contributed by atoms with Gasteiger partial charge in [0.1, 0.15) is 5.82 Å². The van der Waals surface area contributed by atoms with Crippen LogP contribution in [0.25, 0.3) is 0 Å². The van der Waals surface area contributed by atoms with Crippen molar-refractivity contribution in [2.45, 2.75) is 45.4 Å². The van der Waals surface area contributed by atoms with Gasteiger partial charge in [-0.2, -0.15) is 0 Å². The number of hydrogen-bond donors (Lipinski definition) is 1. The predicted octanol–water partition coefficient (Wildman–Crippen LogP) is 2.94. The summed E-state index contributed by atoms with van der Waals surface area (Å²) in [4.78, 5) is 2.29. The van der Waals surface area contributed by atoms with Crippen LogP contribution in [0.2, 0.25) is 0 Å². The highest BCUT2D eigenvalue weighted by atomic mass is 19.1. The van der Waals surface area contributed by atoms with E-state index in [-0.39, 0.29) is 11.9 Å². The molecule has 1 N–H and O–H groups in total. The molecule has 0 aromatic heterocycles. The van der Waals surface area contributed by atoms with E-state index in [9.17, 15) is 4.39 Å². The summed E-state index contributed by atoms with van der Waals surface area (Å²) in [5.74, 6) is -0.103. The molecule has 21 heavy (non-hydrogen) atoms. The lowest BCUT2D eigenvalue weighted by atomic mass is 10.1. The van der Waals surface area contributed by atoms with Crippen molar-refractivity contribution in [1.82, 2.24) is 10.2 Å². The number of hydrogen-bond acceptors (Lipinski definition) is 3. The molecule has 1 aliphatic heterocycles. The third-order valence-electron chi connectivity index (χ3n) is 4.06. The summed E-state index contributed by atoms with van der Waals surface area (Å²) in [6.45, 7) is 6.54. The van der Waals surface area contributed by atoms with Gasteiger partial charge in [-0.3, -0.25) is 4.90 Å². The summed E-state index contributed by atoms with van der Waals surface area (Å²) in [6, 6.07) is 5.46. The number of piperidine rings is 1. The summed E-state index contributed by atoms with van der Waals surface area (Å²) in [6.07, 6.45) is 3.63. The van der Waals surface area contributed by atoms with E-state index < -0.39 is 0 Å². The van der Waals surface area contributed by atoms with E-state index in [2.05, 4.69) is 17.1 Å². The Bertz CT molecular complexity index is 439. The second-order valence-corrected chi connectivity index (χ2v) is 5.84. The largest absolute Gasteiger partial charge is 0.380 e. The number of rotatable bonds is 7. The van der Waals surface area contributed by atoms with Crippen molar-refractivity contribution in [2.75, 3.05) is 26.7 Å². The fraction of sp³-hybridized carbons (Fsp3) is 0.647. The molecule has 1 saturated heterocycles. The Balaban J connectivity index is 1.96. The highest BCUT2D eigenvalue weighted by molar-refractivity contribution is 5.25. The van der Waals surface area contributed by atoms with Gasteiger partial charge in [-0.05, 0) is 44.0 Å². The lowest BCUT2D eigenvalue weighted by Crippen LogP contribution is -2.38. The van der Waals surface area contributed by atoms with Gasteiger partial charge < -0.3 is 10.1 Å². The molecule has 0 radical (unpaired) electrons. The van der Waals surface area contributed by atoms with E-state index in [0.29, 0.717) is 6.54 Å². The molecular formula is C17H27FN2O. The molecule has 1 unspecified atom stereocenters. The average Bonchev–Trinajstić information content (AvgIpc) is 2.51. The maximum absolute atomic E-state index is 14.0. The summed E-state index contributed by atoms with van der Waals surface area (Å²) < 4.78 is 19.4. The van der Waals surface area contributed by atoms with E-state index in [4.69, 9.17) is 4.74 Å². The topological polar surface area (TPSA) is 24.5 Å². The van der Waals surface area contributed by atoms with Crippen LogP contribution in [0.15, 0.2) is 18.2 Å². The van der Waals surface area contributed by atoms with Crippen LogP contribution in [0.5, 0.6) is 0 Å². The Morgan fingerprint density at radius 3 is 3.05 bits per heavy atom. The lowest BCUT2D eigenvalue weighted by Gasteiger charge is -2.32. The van der Waals surface area contributed by atoms with Gasteiger partial charge in [0.15, 0.2) is 0 Å². The summed E-state index contributed by atoms with van der Waals surface area (Å²) in [5.41, 5.74) is 1.95. The van der Waals surface area contributed by atoms with Crippen LogP contribution in [0.4, 0.5) is 4.39 Å². The van der Waals surface area contributed by atoms with E-state index in [1.54, 1.807) is 13.2 Å². The lowest BCUT2D eigenvalue weighted by molar-refractivity contribution is 0.0282. The highest BCUT2D eigenvalue weighted by Gasteiger charge is 2.20. The monoisotopic (exact) mass is 294 g/mol. The minimum atomic E-state index is -0.103. The summed E-state index contributed by atoms with van der Waals surface area (Å²) in [5, 5.41) is 3.36. The molecule has 2 rings (SSSR count). The maximum atomic E-state index is 14.0. The van der Waals surface area contributed by atoms with Crippen molar-refractivity contribution in [3.63, 3.8) is 0 Å². The van der Waals surface area contributed by atoms with Crippen LogP contribution in [0, 0.1) is 5.82 Å². The molecule has 0 aliphatic carbocycles. The minimum absolute atomic E-state index is 0.103. The second-order valence-electron chi connectivity index (χ2n) is 5.84. The molecular weight excluding hydrogens is 267 g/mol. The Morgan fingerprint density at radius 2 is 2.29 bits per heavy atom. The van der Waals surface area contributed by atoms with E-state index in [1.165, 1.54) is 0 Å². The molecule has 1 fully saturated rings. The molecule has 0 bridgehead atoms. The van der Waals surface area contributed by atoms with Gasteiger partial charge >= 0.3 is 0 Å². The average molecular weight is 294 g/mol. The Morgan fingerprint density at radius 1 is 1.43 bits per heavy atom. The number of benzene rings is 1. The van der Waals surface area contributed by atoms with Crippen LogP contribution in [-0.4, -0.2) is 37.7 Å². The third-order valence-corrected chi connectivity index (χ3v) is 4.06. The van der Waals surface area contributed by atoms with Crippen LogP contribution in [0.1, 0.15) is 37.3 Å². The predicted molar refractivity (Wildman–Crippen MR) is 83.7 cm³/mol. The number of halogens is 1. The van der Waals surface area contributed by atoms with Crippen molar-refractivity contribution in [2.24, 2.45) is 0 Å². The van der Waals surface area contributed by atoms with Crippen molar-refractivity contribution >= 4 is 0 Å². The second kappa shape index (κ2) is 8.47. The first-order valence-electron chi connectivity index (χ1n) is 7.96. The van der Waals surface area contributed by atoms with E-state index in [0.717, 1.165) is 56.6 Å². The first-order valence-corrected chi connectivity index (χ1v) is 7.96. The molecule has 1 aromatic rings. The van der Waals surface area contributed by atoms with Gasteiger partial charge in [-0.25, -0.2) is 4.39 Å². The van der Waals surface area contributed by atoms with Gasteiger partial charge in [-0.1, -0.05) is 19.1 Å². The Kier molecular flexibility index (Phi) is 6.61. The van der Waals surface area contributed by atoms with Crippen molar-refractivity contribution in [1.29, 1.82) is 0 Å². The van der Waals surface area contributed by atoms with Crippen LogP contribution in [-0.2, 0) is 17.8 Å². The van der Waals surface area contributed by atoms with E-state index >= 15 is 0 Å². The fourth-order valence-electron chi connectivity index (χ4n) is 2.86. The molecule has 1 heterocycles. The van der Waals surface area contributed by atoms with Crippen molar-refractivity contribution < 1.29 is 9.13 Å². The SMILES string of the molecule is CCCNCc1ccc(F)c(CN2CCCC(OC)C2)c1. The standard InChI is InChI=1S/C17H27FN2O/c1-3-8-19-11-14-6-7-17(18)15(10-14)12-20-9-4-5-16(13-20)21-2/h6-7,10,16,19H,3-5,8-9,11-13H2,1-2H3. The number of likely N-dealkylation sites (tertiary alicyclic amines) is 1. The van der Waals surface area contributed by atoms with Gasteiger partial charge in [0, 0.05) is 32.3 Å². The van der Waals surface area contributed by atoms with Gasteiger partial charge in [0.05, 0.1) is 6.10 Å². The molecule has 3 nitrogen and oxygen atoms in total. The Hall–Kier alpha value is -0.970. The van der Waals surface area contributed by atoms with Gasteiger partial charge in [-0.15, -0.1) is 0 Å². The molecule has 1 aliphatic rings. The van der Waals surface area contributed by atoms with Crippen molar-refractivity contribution in [3.8, 4) is 0 Å². The zero-order valence-electron chi connectivity index (χ0n) is 13.2. The normalized spacial score (nSPS) is 19.9. The molecule has 0 amide bonds. The highest BCUT2D eigenvalue weighted by Crippen LogP contribution is 2.18. The number of nitrogens with zero attached hydrogens (tertiary/aromatic N) is 1. The molecule has 1 atom stereocenters. The first kappa shape index (κ1) is 16.4. The van der Waals surface area contributed by atoms with Crippen LogP contribution >= 0.6 is 0 Å². The van der Waals surface area contributed by atoms with Crippen LogP contribution in [0.3, 0.4) is 0 Å². The van der Waals surface area contributed by atoms with Gasteiger partial charge in [0.25, 0.3) is 0 Å². The van der Waals surface area contributed by atoms with Crippen molar-refractivity contribution in [3.05, 3.63) is 35.1 Å². The molecule has 0 spiro atoms. The minimum Gasteiger partial charge on any atom is -0.380 e. The molecule has 0 saturated carbocycles. The number of ether oxygens (including phenoxy) is 1. The van der Waals surface area contributed by atoms with E-state index in [1.807, 2.05) is 12.1 Å². The third kappa shape index (κ3) is 5.06. The molecule has 118 valence electrons.